The van der Waals surface area contributed by atoms with Crippen molar-refractivity contribution in [3.8, 4) is 0 Å². The quantitative estimate of drug-likeness (QED) is 0.946. The number of anilines is 1. The van der Waals surface area contributed by atoms with E-state index in [2.05, 4.69) is 26.3 Å². The van der Waals surface area contributed by atoms with E-state index in [-0.39, 0.29) is 5.91 Å². The topological polar surface area (TPSA) is 46.9 Å². The van der Waals surface area contributed by atoms with Crippen LogP contribution in [0.2, 0.25) is 0 Å². The molecule has 0 saturated carbocycles. The minimum absolute atomic E-state index is 0.138. The Morgan fingerprint density at radius 3 is 2.94 bits per heavy atom. The van der Waals surface area contributed by atoms with Crippen molar-refractivity contribution in [3.63, 3.8) is 0 Å². The highest BCUT2D eigenvalue weighted by Gasteiger charge is 2.12. The van der Waals surface area contributed by atoms with Crippen LogP contribution in [0.3, 0.4) is 0 Å². The van der Waals surface area contributed by atoms with E-state index in [0.717, 1.165) is 16.6 Å². The number of nitrogens with zero attached hydrogens (tertiary/aromatic N) is 2. The third-order valence-electron chi connectivity index (χ3n) is 2.65. The van der Waals surface area contributed by atoms with Crippen LogP contribution < -0.4 is 5.32 Å². The number of aromatic nitrogens is 2. The first-order chi connectivity index (χ1) is 8.61. The number of hydrogen-bond donors (Lipinski definition) is 1. The van der Waals surface area contributed by atoms with Gasteiger partial charge in [-0.05, 0) is 41.4 Å². The first-order valence-corrected chi connectivity index (χ1v) is 6.50. The summed E-state index contributed by atoms with van der Waals surface area (Å²) in [6.45, 7) is 4.73. The highest BCUT2D eigenvalue weighted by atomic mass is 79.9. The molecule has 18 heavy (non-hydrogen) atoms. The molecule has 0 fully saturated rings. The summed E-state index contributed by atoms with van der Waals surface area (Å²) in [6.07, 6.45) is 3.45. The van der Waals surface area contributed by atoms with Crippen LogP contribution in [0.25, 0.3) is 0 Å². The SMILES string of the molecule is CCn1cc(NC(=O)c2cccc(C)c2Br)cn1. The second-order valence-corrected chi connectivity index (χ2v) is 4.77. The van der Waals surface area contributed by atoms with Crippen molar-refractivity contribution < 1.29 is 4.79 Å². The fourth-order valence-electron chi connectivity index (χ4n) is 1.62. The second kappa shape index (κ2) is 5.35. The Labute approximate surface area is 114 Å². The average Bonchev–Trinajstić information content (AvgIpc) is 2.80. The first kappa shape index (κ1) is 12.8. The van der Waals surface area contributed by atoms with Gasteiger partial charge in [-0.25, -0.2) is 0 Å². The molecule has 1 N–H and O–H groups in total. The summed E-state index contributed by atoms with van der Waals surface area (Å²) in [5.41, 5.74) is 2.36. The van der Waals surface area contributed by atoms with Gasteiger partial charge in [-0.3, -0.25) is 9.48 Å². The van der Waals surface area contributed by atoms with Crippen LogP contribution in [0.5, 0.6) is 0 Å². The van der Waals surface area contributed by atoms with Crippen LogP contribution in [0, 0.1) is 6.92 Å². The lowest BCUT2D eigenvalue weighted by Crippen LogP contribution is -2.12. The normalized spacial score (nSPS) is 10.4. The Morgan fingerprint density at radius 1 is 1.50 bits per heavy atom. The molecule has 1 heterocycles. The molecule has 0 spiro atoms. The molecular weight excluding hydrogens is 294 g/mol. The molecule has 0 atom stereocenters. The molecule has 2 aromatic rings. The van der Waals surface area contributed by atoms with Gasteiger partial charge in [0.1, 0.15) is 0 Å². The lowest BCUT2D eigenvalue weighted by molar-refractivity contribution is 0.102. The number of nitrogens with one attached hydrogen (secondary N) is 1. The zero-order valence-corrected chi connectivity index (χ0v) is 11.9. The molecule has 0 saturated heterocycles. The molecule has 0 unspecified atom stereocenters. The molecule has 0 aliphatic heterocycles. The van der Waals surface area contributed by atoms with Crippen LogP contribution in [-0.2, 0) is 6.54 Å². The molecule has 1 amide bonds. The predicted molar refractivity (Wildman–Crippen MR) is 74.7 cm³/mol. The summed E-state index contributed by atoms with van der Waals surface area (Å²) in [4.78, 5) is 12.1. The van der Waals surface area contributed by atoms with Gasteiger partial charge < -0.3 is 5.32 Å². The Morgan fingerprint density at radius 2 is 2.28 bits per heavy atom. The van der Waals surface area contributed by atoms with Gasteiger partial charge in [0.2, 0.25) is 0 Å². The minimum atomic E-state index is -0.138. The van der Waals surface area contributed by atoms with Crippen molar-refractivity contribution in [3.05, 3.63) is 46.2 Å². The number of rotatable bonds is 3. The van der Waals surface area contributed by atoms with Gasteiger partial charge >= 0.3 is 0 Å². The maximum absolute atomic E-state index is 12.1. The fraction of sp³-hybridized carbons (Fsp3) is 0.231. The van der Waals surface area contributed by atoms with Gasteiger partial charge in [0.25, 0.3) is 5.91 Å². The molecule has 0 radical (unpaired) electrons. The molecular formula is C13H14BrN3O. The Bertz CT molecular complexity index is 577. The largest absolute Gasteiger partial charge is 0.319 e. The van der Waals surface area contributed by atoms with Crippen molar-refractivity contribution in [1.29, 1.82) is 0 Å². The van der Waals surface area contributed by atoms with E-state index in [1.165, 1.54) is 0 Å². The molecule has 1 aromatic heterocycles. The van der Waals surface area contributed by atoms with Crippen molar-refractivity contribution in [2.75, 3.05) is 5.32 Å². The van der Waals surface area contributed by atoms with Crippen molar-refractivity contribution in [1.82, 2.24) is 9.78 Å². The number of benzene rings is 1. The zero-order valence-electron chi connectivity index (χ0n) is 10.3. The summed E-state index contributed by atoms with van der Waals surface area (Å²) in [7, 11) is 0. The van der Waals surface area contributed by atoms with Crippen LogP contribution in [-0.4, -0.2) is 15.7 Å². The average molecular weight is 308 g/mol. The predicted octanol–water partition coefficient (Wildman–Crippen LogP) is 3.23. The summed E-state index contributed by atoms with van der Waals surface area (Å²) in [6, 6.07) is 5.61. The van der Waals surface area contributed by atoms with Gasteiger partial charge in [0.15, 0.2) is 0 Å². The summed E-state index contributed by atoms with van der Waals surface area (Å²) >= 11 is 3.43. The van der Waals surface area contributed by atoms with E-state index in [1.54, 1.807) is 16.9 Å². The Hall–Kier alpha value is -1.62. The van der Waals surface area contributed by atoms with E-state index in [1.807, 2.05) is 32.2 Å². The maximum Gasteiger partial charge on any atom is 0.256 e. The lowest BCUT2D eigenvalue weighted by atomic mass is 10.1. The monoisotopic (exact) mass is 307 g/mol. The molecule has 0 aliphatic rings. The first-order valence-electron chi connectivity index (χ1n) is 5.70. The third kappa shape index (κ3) is 2.61. The van der Waals surface area contributed by atoms with Gasteiger partial charge in [-0.2, -0.15) is 5.10 Å². The van der Waals surface area contributed by atoms with Gasteiger partial charge in [0.05, 0.1) is 17.4 Å². The van der Waals surface area contributed by atoms with Gasteiger partial charge in [0, 0.05) is 17.2 Å². The van der Waals surface area contributed by atoms with Crippen LogP contribution >= 0.6 is 15.9 Å². The van der Waals surface area contributed by atoms with Crippen molar-refractivity contribution in [2.24, 2.45) is 0 Å². The van der Waals surface area contributed by atoms with Crippen LogP contribution in [0.1, 0.15) is 22.8 Å². The van der Waals surface area contributed by atoms with Gasteiger partial charge in [-0.15, -0.1) is 0 Å². The smallest absolute Gasteiger partial charge is 0.256 e. The zero-order chi connectivity index (χ0) is 13.1. The molecule has 5 heteroatoms. The van der Waals surface area contributed by atoms with E-state index < -0.39 is 0 Å². The summed E-state index contributed by atoms with van der Waals surface area (Å²) in [5.74, 6) is -0.138. The Balaban J connectivity index is 2.19. The molecule has 0 bridgehead atoms. The van der Waals surface area contributed by atoms with Crippen molar-refractivity contribution >= 4 is 27.5 Å². The lowest BCUT2D eigenvalue weighted by Gasteiger charge is -2.06. The Kier molecular flexibility index (Phi) is 3.81. The number of halogens is 1. The highest BCUT2D eigenvalue weighted by Crippen LogP contribution is 2.22. The number of carbonyl (C=O) groups excluding carboxylic acids is 1. The molecule has 2 rings (SSSR count). The standard InChI is InChI=1S/C13H14BrN3O/c1-3-17-8-10(7-15-17)16-13(18)11-6-4-5-9(2)12(11)14/h4-8H,3H2,1-2H3,(H,16,18). The number of aryl methyl sites for hydroxylation is 2. The summed E-state index contributed by atoms with van der Waals surface area (Å²) < 4.78 is 2.59. The van der Waals surface area contributed by atoms with Crippen LogP contribution in [0.15, 0.2) is 35.1 Å². The van der Waals surface area contributed by atoms with Gasteiger partial charge in [-0.1, -0.05) is 12.1 Å². The van der Waals surface area contributed by atoms with E-state index in [9.17, 15) is 4.79 Å². The maximum atomic E-state index is 12.1. The fourth-order valence-corrected chi connectivity index (χ4v) is 2.07. The number of carbonyl (C=O) groups is 1. The van der Waals surface area contributed by atoms with Crippen LogP contribution in [0.4, 0.5) is 5.69 Å². The van der Waals surface area contributed by atoms with E-state index in [0.29, 0.717) is 11.3 Å². The van der Waals surface area contributed by atoms with E-state index >= 15 is 0 Å². The molecule has 94 valence electrons. The molecule has 1 aromatic carbocycles. The number of hydrogen-bond acceptors (Lipinski definition) is 2. The van der Waals surface area contributed by atoms with E-state index in [4.69, 9.17) is 0 Å². The summed E-state index contributed by atoms with van der Waals surface area (Å²) in [5, 5.41) is 6.94. The highest BCUT2D eigenvalue weighted by molar-refractivity contribution is 9.10. The minimum Gasteiger partial charge on any atom is -0.319 e. The number of amides is 1. The second-order valence-electron chi connectivity index (χ2n) is 3.98. The van der Waals surface area contributed by atoms with Crippen molar-refractivity contribution in [2.45, 2.75) is 20.4 Å². The molecule has 0 aliphatic carbocycles. The third-order valence-corrected chi connectivity index (χ3v) is 3.70. The molecule has 4 nitrogen and oxygen atoms in total.